The number of aryl methyl sites for hydroxylation is 1. The van der Waals surface area contributed by atoms with Crippen molar-refractivity contribution in [3.05, 3.63) is 59.2 Å². The smallest absolute Gasteiger partial charge is 0.230 e. The molecule has 1 unspecified atom stereocenters. The van der Waals surface area contributed by atoms with Gasteiger partial charge in [0.25, 0.3) is 0 Å². The van der Waals surface area contributed by atoms with Gasteiger partial charge in [-0.2, -0.15) is 0 Å². The predicted octanol–water partition coefficient (Wildman–Crippen LogP) is 3.94. The van der Waals surface area contributed by atoms with Crippen molar-refractivity contribution in [2.24, 2.45) is 5.92 Å². The molecule has 1 fully saturated rings. The number of pyridine rings is 1. The maximum atomic E-state index is 12.5. The van der Waals surface area contributed by atoms with Crippen molar-refractivity contribution in [3.63, 3.8) is 0 Å². The van der Waals surface area contributed by atoms with Gasteiger partial charge in [0.1, 0.15) is 5.82 Å². The lowest BCUT2D eigenvalue weighted by Crippen LogP contribution is -2.43. The second kappa shape index (κ2) is 9.51. The average Bonchev–Trinajstić information content (AvgIpc) is 2.70. The third-order valence-electron chi connectivity index (χ3n) is 4.82. The van der Waals surface area contributed by atoms with Crippen molar-refractivity contribution in [1.82, 2.24) is 9.88 Å². The number of rotatable bonds is 6. The first kappa shape index (κ1) is 19.4. The number of nitrogens with one attached hydrogen (secondary N) is 1. The van der Waals surface area contributed by atoms with Gasteiger partial charge in [0.2, 0.25) is 11.8 Å². The highest BCUT2D eigenvalue weighted by molar-refractivity contribution is 6.30. The molecule has 1 aliphatic heterocycles. The van der Waals surface area contributed by atoms with Crippen LogP contribution in [0.2, 0.25) is 5.02 Å². The minimum atomic E-state index is -0.200. The van der Waals surface area contributed by atoms with Crippen LogP contribution in [0, 0.1) is 5.92 Å². The number of likely N-dealkylation sites (tertiary alicyclic amines) is 1. The summed E-state index contributed by atoms with van der Waals surface area (Å²) in [6.45, 7) is 1.21. The normalized spacial score (nSPS) is 16.8. The standard InChI is InChI=1S/C21H24ClN3O2/c22-18-11-12-19(23-14-18)24-21(27)17-9-5-13-25(15-17)20(26)10-4-8-16-6-2-1-3-7-16/h1-3,6-7,11-12,14,17H,4-5,8-10,13,15H2,(H,23,24,27). The lowest BCUT2D eigenvalue weighted by atomic mass is 9.96. The number of anilines is 1. The van der Waals surface area contributed by atoms with E-state index in [1.807, 2.05) is 23.1 Å². The molecule has 1 aliphatic rings. The molecule has 1 saturated heterocycles. The molecule has 6 heteroatoms. The molecule has 1 N–H and O–H groups in total. The Morgan fingerprint density at radius 1 is 1.19 bits per heavy atom. The van der Waals surface area contributed by atoms with Crippen LogP contribution in [0.15, 0.2) is 48.7 Å². The highest BCUT2D eigenvalue weighted by atomic mass is 35.5. The van der Waals surface area contributed by atoms with Crippen LogP contribution in [0.25, 0.3) is 0 Å². The fourth-order valence-corrected chi connectivity index (χ4v) is 3.45. The maximum Gasteiger partial charge on any atom is 0.230 e. The van der Waals surface area contributed by atoms with Gasteiger partial charge >= 0.3 is 0 Å². The molecule has 27 heavy (non-hydrogen) atoms. The van der Waals surface area contributed by atoms with Crippen molar-refractivity contribution in [3.8, 4) is 0 Å². The predicted molar refractivity (Wildman–Crippen MR) is 107 cm³/mol. The van der Waals surface area contributed by atoms with Gasteiger partial charge in [0.15, 0.2) is 0 Å². The highest BCUT2D eigenvalue weighted by Crippen LogP contribution is 2.20. The number of carbonyl (C=O) groups excluding carboxylic acids is 2. The summed E-state index contributed by atoms with van der Waals surface area (Å²) < 4.78 is 0. The molecule has 2 heterocycles. The van der Waals surface area contributed by atoms with Crippen molar-refractivity contribution in [2.45, 2.75) is 32.1 Å². The van der Waals surface area contributed by atoms with Crippen LogP contribution >= 0.6 is 11.6 Å². The molecule has 0 saturated carbocycles. The average molecular weight is 386 g/mol. The molecule has 142 valence electrons. The van der Waals surface area contributed by atoms with Gasteiger partial charge in [-0.05, 0) is 43.4 Å². The Kier molecular flexibility index (Phi) is 6.82. The zero-order valence-corrected chi connectivity index (χ0v) is 16.0. The SMILES string of the molecule is O=C(Nc1ccc(Cl)cn1)C1CCCN(C(=O)CCCc2ccccc2)C1. The largest absolute Gasteiger partial charge is 0.342 e. The van der Waals surface area contributed by atoms with Crippen molar-refractivity contribution >= 4 is 29.2 Å². The van der Waals surface area contributed by atoms with E-state index in [0.717, 1.165) is 32.2 Å². The molecular weight excluding hydrogens is 362 g/mol. The molecule has 1 aromatic carbocycles. The van der Waals surface area contributed by atoms with Gasteiger partial charge < -0.3 is 10.2 Å². The van der Waals surface area contributed by atoms with Crippen LogP contribution in [-0.4, -0.2) is 34.8 Å². The molecule has 0 radical (unpaired) electrons. The Bertz CT molecular complexity index is 765. The molecule has 0 spiro atoms. The summed E-state index contributed by atoms with van der Waals surface area (Å²) in [4.78, 5) is 30.9. The molecule has 1 atom stereocenters. The third kappa shape index (κ3) is 5.79. The first-order chi connectivity index (χ1) is 13.1. The summed E-state index contributed by atoms with van der Waals surface area (Å²) in [6, 6.07) is 13.5. The lowest BCUT2D eigenvalue weighted by molar-refractivity contribution is -0.134. The summed E-state index contributed by atoms with van der Waals surface area (Å²) in [5.41, 5.74) is 1.25. The van der Waals surface area contributed by atoms with Crippen molar-refractivity contribution in [1.29, 1.82) is 0 Å². The molecule has 2 amide bonds. The molecule has 2 aromatic rings. The first-order valence-corrected chi connectivity index (χ1v) is 9.74. The molecule has 5 nitrogen and oxygen atoms in total. The van der Waals surface area contributed by atoms with Crippen molar-refractivity contribution in [2.75, 3.05) is 18.4 Å². The Morgan fingerprint density at radius 2 is 2.00 bits per heavy atom. The van der Waals surface area contributed by atoms with Crippen LogP contribution in [0.5, 0.6) is 0 Å². The summed E-state index contributed by atoms with van der Waals surface area (Å²) in [5, 5.41) is 3.34. The van der Waals surface area contributed by atoms with Crippen molar-refractivity contribution < 1.29 is 9.59 Å². The van der Waals surface area contributed by atoms with E-state index in [4.69, 9.17) is 11.6 Å². The van der Waals surface area contributed by atoms with E-state index >= 15 is 0 Å². The Morgan fingerprint density at radius 3 is 2.74 bits per heavy atom. The fraction of sp³-hybridized carbons (Fsp3) is 0.381. The number of nitrogens with zero attached hydrogens (tertiary/aromatic N) is 2. The molecular formula is C21H24ClN3O2. The van der Waals surface area contributed by atoms with Gasteiger partial charge in [0, 0.05) is 25.7 Å². The van der Waals surface area contributed by atoms with E-state index in [1.54, 1.807) is 12.1 Å². The van der Waals surface area contributed by atoms with Crippen LogP contribution in [0.3, 0.4) is 0 Å². The number of halogens is 1. The van der Waals surface area contributed by atoms with E-state index in [1.165, 1.54) is 11.8 Å². The Balaban J connectivity index is 1.47. The van der Waals surface area contributed by atoms with Crippen LogP contribution < -0.4 is 5.32 Å². The minimum absolute atomic E-state index is 0.0911. The molecule has 0 bridgehead atoms. The van der Waals surface area contributed by atoms with E-state index in [0.29, 0.717) is 23.8 Å². The number of benzene rings is 1. The van der Waals surface area contributed by atoms with E-state index in [9.17, 15) is 9.59 Å². The third-order valence-corrected chi connectivity index (χ3v) is 5.05. The summed E-state index contributed by atoms with van der Waals surface area (Å²) in [5.74, 6) is 0.324. The summed E-state index contributed by atoms with van der Waals surface area (Å²) >= 11 is 5.81. The second-order valence-corrected chi connectivity index (χ2v) is 7.31. The zero-order chi connectivity index (χ0) is 19.1. The van der Waals surface area contributed by atoms with Gasteiger partial charge in [-0.25, -0.2) is 4.98 Å². The van der Waals surface area contributed by atoms with E-state index in [2.05, 4.69) is 22.4 Å². The first-order valence-electron chi connectivity index (χ1n) is 9.36. The number of aromatic nitrogens is 1. The summed E-state index contributed by atoms with van der Waals surface area (Å²) in [7, 11) is 0. The van der Waals surface area contributed by atoms with Crippen LogP contribution in [0.4, 0.5) is 5.82 Å². The number of hydrogen-bond donors (Lipinski definition) is 1. The maximum absolute atomic E-state index is 12.5. The van der Waals surface area contributed by atoms with E-state index < -0.39 is 0 Å². The number of amides is 2. The van der Waals surface area contributed by atoms with Gasteiger partial charge in [-0.3, -0.25) is 9.59 Å². The molecule has 3 rings (SSSR count). The number of piperidine rings is 1. The Labute approximate surface area is 164 Å². The Hall–Kier alpha value is -2.40. The fourth-order valence-electron chi connectivity index (χ4n) is 3.34. The lowest BCUT2D eigenvalue weighted by Gasteiger charge is -2.32. The van der Waals surface area contributed by atoms with Gasteiger partial charge in [0.05, 0.1) is 10.9 Å². The van der Waals surface area contributed by atoms with E-state index in [-0.39, 0.29) is 17.7 Å². The molecule has 0 aliphatic carbocycles. The summed E-state index contributed by atoms with van der Waals surface area (Å²) in [6.07, 6.45) is 5.36. The monoisotopic (exact) mass is 385 g/mol. The zero-order valence-electron chi connectivity index (χ0n) is 15.2. The van der Waals surface area contributed by atoms with Gasteiger partial charge in [-0.15, -0.1) is 0 Å². The second-order valence-electron chi connectivity index (χ2n) is 6.87. The van der Waals surface area contributed by atoms with Gasteiger partial charge in [-0.1, -0.05) is 41.9 Å². The highest BCUT2D eigenvalue weighted by Gasteiger charge is 2.28. The minimum Gasteiger partial charge on any atom is -0.342 e. The number of carbonyl (C=O) groups is 2. The van der Waals surface area contributed by atoms with Crippen LogP contribution in [0.1, 0.15) is 31.2 Å². The quantitative estimate of drug-likeness (QED) is 0.819. The molecule has 1 aromatic heterocycles. The van der Waals surface area contributed by atoms with Crippen LogP contribution in [-0.2, 0) is 16.0 Å². The topological polar surface area (TPSA) is 62.3 Å². The number of hydrogen-bond acceptors (Lipinski definition) is 3.